The van der Waals surface area contributed by atoms with Crippen LogP contribution in [-0.2, 0) is 6.54 Å². The number of halogens is 3. The molecule has 0 atom stereocenters. The quantitative estimate of drug-likeness (QED) is 0.878. The standard InChI is InChI=1S/C9H11F3N2O3/c1-15-6-3-5(4-13)7(8(14-6)16-2)17-9(10,11)12/h3H,4,13H2,1-2H3. The van der Waals surface area contributed by atoms with E-state index in [1.165, 1.54) is 20.3 Å². The van der Waals surface area contributed by atoms with Gasteiger partial charge in [-0.3, -0.25) is 0 Å². The van der Waals surface area contributed by atoms with Crippen LogP contribution in [0.2, 0.25) is 0 Å². The summed E-state index contributed by atoms with van der Waals surface area (Å²) in [6, 6.07) is 1.25. The SMILES string of the molecule is COc1cc(CN)c(OC(F)(F)F)c(OC)n1. The lowest BCUT2D eigenvalue weighted by Gasteiger charge is -2.15. The van der Waals surface area contributed by atoms with Crippen molar-refractivity contribution in [2.24, 2.45) is 5.73 Å². The second kappa shape index (κ2) is 5.09. The van der Waals surface area contributed by atoms with Crippen molar-refractivity contribution < 1.29 is 27.4 Å². The summed E-state index contributed by atoms with van der Waals surface area (Å²) in [7, 11) is 2.50. The van der Waals surface area contributed by atoms with Crippen molar-refractivity contribution in [3.8, 4) is 17.5 Å². The van der Waals surface area contributed by atoms with E-state index in [0.29, 0.717) is 0 Å². The molecule has 0 saturated carbocycles. The Balaban J connectivity index is 3.24. The van der Waals surface area contributed by atoms with Crippen LogP contribution >= 0.6 is 0 Å². The molecule has 0 amide bonds. The Morgan fingerprint density at radius 2 is 1.94 bits per heavy atom. The highest BCUT2D eigenvalue weighted by molar-refractivity contribution is 5.45. The first kappa shape index (κ1) is 13.4. The highest BCUT2D eigenvalue weighted by Crippen LogP contribution is 2.36. The van der Waals surface area contributed by atoms with Crippen LogP contribution in [0.25, 0.3) is 0 Å². The molecule has 0 aromatic carbocycles. The Morgan fingerprint density at radius 3 is 2.35 bits per heavy atom. The largest absolute Gasteiger partial charge is 0.573 e. The molecular weight excluding hydrogens is 241 g/mol. The topological polar surface area (TPSA) is 66.6 Å². The van der Waals surface area contributed by atoms with E-state index in [0.717, 1.165) is 0 Å². The van der Waals surface area contributed by atoms with Crippen molar-refractivity contribution in [3.05, 3.63) is 11.6 Å². The second-order valence-electron chi connectivity index (χ2n) is 2.91. The van der Waals surface area contributed by atoms with Crippen molar-refractivity contribution in [2.45, 2.75) is 12.9 Å². The smallest absolute Gasteiger partial charge is 0.481 e. The summed E-state index contributed by atoms with van der Waals surface area (Å²) in [6.07, 6.45) is -4.84. The first-order chi connectivity index (χ1) is 7.91. The molecule has 1 aromatic heterocycles. The predicted octanol–water partition coefficient (Wildman–Crippen LogP) is 1.46. The Hall–Kier alpha value is -1.70. The average Bonchev–Trinajstić information content (AvgIpc) is 2.27. The van der Waals surface area contributed by atoms with Gasteiger partial charge in [-0.1, -0.05) is 0 Å². The monoisotopic (exact) mass is 252 g/mol. The van der Waals surface area contributed by atoms with Gasteiger partial charge in [-0.2, -0.15) is 4.98 Å². The molecule has 0 aliphatic carbocycles. The van der Waals surface area contributed by atoms with Crippen molar-refractivity contribution in [3.63, 3.8) is 0 Å². The second-order valence-corrected chi connectivity index (χ2v) is 2.91. The molecule has 1 rings (SSSR count). The molecule has 0 bridgehead atoms. The average molecular weight is 252 g/mol. The maximum absolute atomic E-state index is 12.2. The summed E-state index contributed by atoms with van der Waals surface area (Å²) in [5.74, 6) is -0.790. The van der Waals surface area contributed by atoms with Gasteiger partial charge in [0.15, 0.2) is 5.75 Å². The Bertz CT molecular complexity index is 371. The molecule has 0 aliphatic rings. The zero-order chi connectivity index (χ0) is 13.1. The molecule has 1 heterocycles. The van der Waals surface area contributed by atoms with Crippen LogP contribution in [0.4, 0.5) is 13.2 Å². The Morgan fingerprint density at radius 1 is 1.29 bits per heavy atom. The number of rotatable bonds is 4. The summed E-state index contributed by atoms with van der Waals surface area (Å²) < 4.78 is 49.9. The van der Waals surface area contributed by atoms with Crippen LogP contribution < -0.4 is 19.9 Å². The van der Waals surface area contributed by atoms with Gasteiger partial charge in [0.1, 0.15) is 0 Å². The Labute approximate surface area is 95.3 Å². The molecule has 1 aromatic rings. The van der Waals surface area contributed by atoms with Crippen molar-refractivity contribution >= 4 is 0 Å². The molecule has 96 valence electrons. The van der Waals surface area contributed by atoms with Crippen LogP contribution in [0.1, 0.15) is 5.56 Å². The third-order valence-corrected chi connectivity index (χ3v) is 1.84. The fraction of sp³-hybridized carbons (Fsp3) is 0.444. The zero-order valence-electron chi connectivity index (χ0n) is 9.17. The fourth-order valence-electron chi connectivity index (χ4n) is 1.15. The molecule has 0 saturated heterocycles. The molecule has 8 heteroatoms. The number of nitrogens with two attached hydrogens (primary N) is 1. The first-order valence-electron chi connectivity index (χ1n) is 4.49. The van der Waals surface area contributed by atoms with Gasteiger partial charge in [-0.15, -0.1) is 13.2 Å². The minimum absolute atomic E-state index is 0.0889. The van der Waals surface area contributed by atoms with Crippen LogP contribution in [0, 0.1) is 0 Å². The molecule has 0 fully saturated rings. The molecule has 0 aliphatic heterocycles. The van der Waals surface area contributed by atoms with E-state index in [1.807, 2.05) is 0 Å². The maximum atomic E-state index is 12.2. The van der Waals surface area contributed by atoms with Crippen LogP contribution in [0.3, 0.4) is 0 Å². The van der Waals surface area contributed by atoms with Gasteiger partial charge in [0.2, 0.25) is 5.88 Å². The molecule has 5 nitrogen and oxygen atoms in total. The summed E-state index contributed by atoms with van der Waals surface area (Å²) in [5, 5.41) is 0. The number of nitrogens with zero attached hydrogens (tertiary/aromatic N) is 1. The van der Waals surface area contributed by atoms with E-state index in [9.17, 15) is 13.2 Å². The zero-order valence-corrected chi connectivity index (χ0v) is 9.17. The van der Waals surface area contributed by atoms with Crippen LogP contribution in [-0.4, -0.2) is 25.6 Å². The summed E-state index contributed by atoms with van der Waals surface area (Å²) >= 11 is 0. The molecule has 0 radical (unpaired) electrons. The van der Waals surface area contributed by atoms with E-state index < -0.39 is 12.1 Å². The van der Waals surface area contributed by atoms with Gasteiger partial charge in [0.25, 0.3) is 5.88 Å². The molecule has 0 unspecified atom stereocenters. The van der Waals surface area contributed by atoms with E-state index in [1.54, 1.807) is 0 Å². The lowest BCUT2D eigenvalue weighted by molar-refractivity contribution is -0.275. The van der Waals surface area contributed by atoms with Crippen molar-refractivity contribution in [2.75, 3.05) is 14.2 Å². The predicted molar refractivity (Wildman–Crippen MR) is 51.9 cm³/mol. The minimum atomic E-state index is -4.84. The number of hydrogen-bond acceptors (Lipinski definition) is 5. The van der Waals surface area contributed by atoms with Crippen LogP contribution in [0.15, 0.2) is 6.07 Å². The third kappa shape index (κ3) is 3.38. The van der Waals surface area contributed by atoms with E-state index in [-0.39, 0.29) is 23.9 Å². The summed E-state index contributed by atoms with van der Waals surface area (Å²) in [4.78, 5) is 3.68. The van der Waals surface area contributed by atoms with Gasteiger partial charge in [-0.05, 0) is 0 Å². The third-order valence-electron chi connectivity index (χ3n) is 1.84. The first-order valence-corrected chi connectivity index (χ1v) is 4.49. The number of hydrogen-bond donors (Lipinski definition) is 1. The number of pyridine rings is 1. The highest BCUT2D eigenvalue weighted by Gasteiger charge is 2.34. The van der Waals surface area contributed by atoms with Gasteiger partial charge >= 0.3 is 6.36 Å². The molecule has 0 spiro atoms. The molecule has 2 N–H and O–H groups in total. The molecular formula is C9H11F3N2O3. The van der Waals surface area contributed by atoms with Gasteiger partial charge in [0, 0.05) is 18.2 Å². The van der Waals surface area contributed by atoms with Crippen LogP contribution in [0.5, 0.6) is 17.5 Å². The number of aromatic nitrogens is 1. The lowest BCUT2D eigenvalue weighted by atomic mass is 10.2. The molecule has 17 heavy (non-hydrogen) atoms. The van der Waals surface area contributed by atoms with Gasteiger partial charge < -0.3 is 19.9 Å². The van der Waals surface area contributed by atoms with Crippen molar-refractivity contribution in [1.82, 2.24) is 4.98 Å². The normalized spacial score (nSPS) is 11.2. The minimum Gasteiger partial charge on any atom is -0.481 e. The number of methoxy groups -OCH3 is 2. The van der Waals surface area contributed by atoms with E-state index in [4.69, 9.17) is 15.2 Å². The highest BCUT2D eigenvalue weighted by atomic mass is 19.4. The summed E-state index contributed by atoms with van der Waals surface area (Å²) in [5.41, 5.74) is 5.42. The lowest BCUT2D eigenvalue weighted by Crippen LogP contribution is -2.19. The number of alkyl halides is 3. The van der Waals surface area contributed by atoms with E-state index in [2.05, 4.69) is 9.72 Å². The van der Waals surface area contributed by atoms with Crippen molar-refractivity contribution in [1.29, 1.82) is 0 Å². The van der Waals surface area contributed by atoms with E-state index >= 15 is 0 Å². The van der Waals surface area contributed by atoms with Gasteiger partial charge in [-0.25, -0.2) is 0 Å². The van der Waals surface area contributed by atoms with Gasteiger partial charge in [0.05, 0.1) is 14.2 Å². The maximum Gasteiger partial charge on any atom is 0.573 e. The fourth-order valence-corrected chi connectivity index (χ4v) is 1.15. The summed E-state index contributed by atoms with van der Waals surface area (Å²) in [6.45, 7) is -0.166. The number of ether oxygens (including phenoxy) is 3. The Kier molecular flexibility index (Phi) is 4.00.